The second kappa shape index (κ2) is 5.55. The largest absolute Gasteiger partial charge is 0.545 e. The summed E-state index contributed by atoms with van der Waals surface area (Å²) in [6.45, 7) is 0. The van der Waals surface area contributed by atoms with Crippen molar-refractivity contribution >= 4 is 17.6 Å². The molecule has 0 amide bonds. The summed E-state index contributed by atoms with van der Waals surface area (Å²) in [7, 11) is 1.43. The van der Waals surface area contributed by atoms with Crippen LogP contribution in [-0.4, -0.2) is 19.0 Å². The molecule has 6 nitrogen and oxygen atoms in total. The molecule has 1 N–H and O–H groups in total. The normalized spacial score (nSPS) is 9.24. The second-order valence-electron chi connectivity index (χ2n) is 2.98. The van der Waals surface area contributed by atoms with Crippen molar-refractivity contribution in [1.29, 1.82) is 0 Å². The van der Waals surface area contributed by atoms with Crippen molar-refractivity contribution in [2.24, 2.45) is 0 Å². The van der Waals surface area contributed by atoms with Crippen molar-refractivity contribution in [2.45, 2.75) is 0 Å². The van der Waals surface area contributed by atoms with Gasteiger partial charge in [-0.15, -0.1) is 0 Å². The number of ether oxygens (including phenoxy) is 1. The SMILES string of the molecule is COc1ccccc1NC=C(C(=O)[O-])C(=O)[O-]. The van der Waals surface area contributed by atoms with Gasteiger partial charge in [-0.3, -0.25) is 0 Å². The average Bonchev–Trinajstić information content (AvgIpc) is 2.29. The maximum absolute atomic E-state index is 10.4. The number of para-hydroxylation sites is 2. The molecule has 1 aromatic carbocycles. The van der Waals surface area contributed by atoms with E-state index in [-0.39, 0.29) is 0 Å². The molecule has 0 atom stereocenters. The number of rotatable bonds is 5. The first-order valence-electron chi connectivity index (χ1n) is 4.58. The lowest BCUT2D eigenvalue weighted by Gasteiger charge is -2.12. The van der Waals surface area contributed by atoms with Crippen LogP contribution in [0.5, 0.6) is 5.75 Å². The number of nitrogens with one attached hydrogen (secondary N) is 1. The van der Waals surface area contributed by atoms with Crippen LogP contribution in [0.4, 0.5) is 5.69 Å². The third-order valence-electron chi connectivity index (χ3n) is 1.92. The lowest BCUT2D eigenvalue weighted by Crippen LogP contribution is -2.36. The van der Waals surface area contributed by atoms with E-state index in [2.05, 4.69) is 5.32 Å². The number of hydrogen-bond acceptors (Lipinski definition) is 6. The monoisotopic (exact) mass is 235 g/mol. The summed E-state index contributed by atoms with van der Waals surface area (Å²) in [4.78, 5) is 20.9. The fraction of sp³-hybridized carbons (Fsp3) is 0.0909. The van der Waals surface area contributed by atoms with Gasteiger partial charge in [0.05, 0.1) is 24.7 Å². The first-order valence-corrected chi connectivity index (χ1v) is 4.58. The molecule has 0 heterocycles. The number of benzene rings is 1. The highest BCUT2D eigenvalue weighted by Gasteiger charge is 2.02. The molecule has 17 heavy (non-hydrogen) atoms. The summed E-state index contributed by atoms with van der Waals surface area (Å²) in [5, 5.41) is 23.4. The molecule has 0 radical (unpaired) electrons. The van der Waals surface area contributed by atoms with Gasteiger partial charge >= 0.3 is 0 Å². The quantitative estimate of drug-likeness (QED) is 0.378. The van der Waals surface area contributed by atoms with E-state index < -0.39 is 17.5 Å². The number of hydrogen-bond donors (Lipinski definition) is 1. The predicted octanol–water partition coefficient (Wildman–Crippen LogP) is -1.51. The molecule has 0 bridgehead atoms. The van der Waals surface area contributed by atoms with Crippen molar-refractivity contribution in [3.8, 4) is 5.75 Å². The Morgan fingerprint density at radius 3 is 2.35 bits per heavy atom. The van der Waals surface area contributed by atoms with E-state index in [4.69, 9.17) is 4.74 Å². The van der Waals surface area contributed by atoms with Gasteiger partial charge in [-0.25, -0.2) is 0 Å². The molecule has 0 aliphatic rings. The standard InChI is InChI=1S/C11H11NO5/c1-17-9-5-3-2-4-8(9)12-6-7(10(13)14)11(15)16/h2-6,12H,1H3,(H,13,14)(H,15,16)/p-2. The highest BCUT2D eigenvalue weighted by molar-refractivity contribution is 6.10. The topological polar surface area (TPSA) is 102 Å². The molecule has 0 saturated heterocycles. The number of carbonyl (C=O) groups excluding carboxylic acids is 2. The molecule has 0 fully saturated rings. The second-order valence-corrected chi connectivity index (χ2v) is 2.98. The van der Waals surface area contributed by atoms with Crippen LogP contribution < -0.4 is 20.3 Å². The zero-order valence-electron chi connectivity index (χ0n) is 8.93. The Balaban J connectivity index is 2.94. The number of carboxylic acids is 2. The molecule has 0 saturated carbocycles. The van der Waals surface area contributed by atoms with Crippen molar-refractivity contribution in [1.82, 2.24) is 0 Å². The van der Waals surface area contributed by atoms with Crippen LogP contribution in [0.3, 0.4) is 0 Å². The van der Waals surface area contributed by atoms with Gasteiger partial charge in [0.25, 0.3) is 0 Å². The molecule has 1 aromatic rings. The van der Waals surface area contributed by atoms with Gasteiger partial charge in [0.15, 0.2) is 0 Å². The molecular formula is C11H9NO5-2. The van der Waals surface area contributed by atoms with E-state index in [1.807, 2.05) is 0 Å². The summed E-state index contributed by atoms with van der Waals surface area (Å²) < 4.78 is 4.98. The lowest BCUT2D eigenvalue weighted by molar-refractivity contribution is -0.312. The minimum absolute atomic E-state index is 0.426. The Kier molecular flexibility index (Phi) is 4.10. The van der Waals surface area contributed by atoms with Gasteiger partial charge in [0, 0.05) is 11.8 Å². The molecule has 0 spiro atoms. The highest BCUT2D eigenvalue weighted by atomic mass is 16.5. The number of carboxylic acid groups (broad SMARTS) is 2. The van der Waals surface area contributed by atoms with E-state index >= 15 is 0 Å². The van der Waals surface area contributed by atoms with E-state index in [1.54, 1.807) is 24.3 Å². The first-order chi connectivity index (χ1) is 8.06. The van der Waals surface area contributed by atoms with Crippen molar-refractivity contribution in [3.05, 3.63) is 36.0 Å². The zero-order valence-corrected chi connectivity index (χ0v) is 8.93. The Bertz CT molecular complexity index is 451. The minimum atomic E-state index is -1.83. The van der Waals surface area contributed by atoms with Gasteiger partial charge in [0.2, 0.25) is 0 Å². The molecule has 0 aliphatic heterocycles. The van der Waals surface area contributed by atoms with Crippen molar-refractivity contribution in [3.63, 3.8) is 0 Å². The molecular weight excluding hydrogens is 226 g/mol. The van der Waals surface area contributed by atoms with Crippen molar-refractivity contribution < 1.29 is 24.5 Å². The van der Waals surface area contributed by atoms with Gasteiger partial charge in [0.1, 0.15) is 5.75 Å². The van der Waals surface area contributed by atoms with E-state index in [9.17, 15) is 19.8 Å². The minimum Gasteiger partial charge on any atom is -0.545 e. The van der Waals surface area contributed by atoms with Crippen LogP contribution in [0, 0.1) is 0 Å². The maximum Gasteiger partial charge on any atom is 0.142 e. The number of methoxy groups -OCH3 is 1. The molecule has 0 aliphatic carbocycles. The summed E-state index contributed by atoms with van der Waals surface area (Å²) in [5.41, 5.74) is -0.550. The Morgan fingerprint density at radius 2 is 1.82 bits per heavy atom. The van der Waals surface area contributed by atoms with Gasteiger partial charge in [-0.05, 0) is 12.1 Å². The number of aliphatic carboxylic acids is 2. The fourth-order valence-electron chi connectivity index (χ4n) is 1.11. The highest BCUT2D eigenvalue weighted by Crippen LogP contribution is 2.22. The molecule has 6 heteroatoms. The molecule has 0 unspecified atom stereocenters. The van der Waals surface area contributed by atoms with Crippen molar-refractivity contribution in [2.75, 3.05) is 12.4 Å². The lowest BCUT2D eigenvalue weighted by atomic mass is 10.2. The smallest absolute Gasteiger partial charge is 0.142 e. The van der Waals surface area contributed by atoms with E-state index in [0.29, 0.717) is 11.4 Å². The Hall–Kier alpha value is -2.50. The third-order valence-corrected chi connectivity index (χ3v) is 1.92. The predicted molar refractivity (Wildman–Crippen MR) is 54.7 cm³/mol. The van der Waals surface area contributed by atoms with Crippen LogP contribution in [0.1, 0.15) is 0 Å². The van der Waals surface area contributed by atoms with Gasteiger partial charge < -0.3 is 29.9 Å². The van der Waals surface area contributed by atoms with E-state index in [0.717, 1.165) is 6.20 Å². The summed E-state index contributed by atoms with van der Waals surface area (Å²) in [6.07, 6.45) is 0.780. The van der Waals surface area contributed by atoms with Gasteiger partial charge in [-0.1, -0.05) is 12.1 Å². The third kappa shape index (κ3) is 3.23. The zero-order chi connectivity index (χ0) is 12.8. The molecule has 90 valence electrons. The van der Waals surface area contributed by atoms with Crippen LogP contribution in [0.25, 0.3) is 0 Å². The number of carbonyl (C=O) groups is 2. The Morgan fingerprint density at radius 1 is 1.24 bits per heavy atom. The Labute approximate surface area is 97.1 Å². The maximum atomic E-state index is 10.4. The molecule has 0 aromatic heterocycles. The summed E-state index contributed by atoms with van der Waals surface area (Å²) in [6, 6.07) is 6.62. The van der Waals surface area contributed by atoms with Gasteiger partial charge in [-0.2, -0.15) is 0 Å². The summed E-state index contributed by atoms with van der Waals surface area (Å²) >= 11 is 0. The first kappa shape index (κ1) is 12.6. The van der Waals surface area contributed by atoms with Crippen LogP contribution in [-0.2, 0) is 9.59 Å². The van der Waals surface area contributed by atoms with Crippen LogP contribution >= 0.6 is 0 Å². The average molecular weight is 235 g/mol. The molecule has 1 rings (SSSR count). The number of anilines is 1. The van der Waals surface area contributed by atoms with Crippen LogP contribution in [0.15, 0.2) is 36.0 Å². The van der Waals surface area contributed by atoms with E-state index in [1.165, 1.54) is 7.11 Å². The fourth-order valence-corrected chi connectivity index (χ4v) is 1.11. The summed E-state index contributed by atoms with van der Waals surface area (Å²) in [5.74, 6) is -3.21. The van der Waals surface area contributed by atoms with Crippen LogP contribution in [0.2, 0.25) is 0 Å².